The molecular weight excluding hydrogens is 282 g/mol. The standard InChI is InChI=1S/C20H23N3/c1-15(19-11-6-8-16-7-2-3-10-20(16)19)21-14-17-13-18-9-4-5-12-23(18)22-17/h2-3,6-8,10-11,13,15,21H,4-5,9,12,14H2,1H3. The van der Waals surface area contributed by atoms with Gasteiger partial charge in [-0.25, -0.2) is 0 Å². The third kappa shape index (κ3) is 2.89. The summed E-state index contributed by atoms with van der Waals surface area (Å²) in [6.07, 6.45) is 3.73. The molecule has 2 aromatic carbocycles. The smallest absolute Gasteiger partial charge is 0.0765 e. The van der Waals surface area contributed by atoms with E-state index in [4.69, 9.17) is 5.10 Å². The number of nitrogens with one attached hydrogen (secondary N) is 1. The van der Waals surface area contributed by atoms with Crippen molar-refractivity contribution in [2.24, 2.45) is 0 Å². The highest BCUT2D eigenvalue weighted by Gasteiger charge is 2.13. The van der Waals surface area contributed by atoms with Gasteiger partial charge in [0.25, 0.3) is 0 Å². The summed E-state index contributed by atoms with van der Waals surface area (Å²) in [5.74, 6) is 0. The average Bonchev–Trinajstić information content (AvgIpc) is 3.02. The molecule has 23 heavy (non-hydrogen) atoms. The van der Waals surface area contributed by atoms with Crippen LogP contribution in [0.25, 0.3) is 10.8 Å². The lowest BCUT2D eigenvalue weighted by Crippen LogP contribution is -2.19. The Labute approximate surface area is 137 Å². The van der Waals surface area contributed by atoms with Gasteiger partial charge in [0.1, 0.15) is 0 Å². The molecule has 0 radical (unpaired) electrons. The quantitative estimate of drug-likeness (QED) is 0.782. The fraction of sp³-hybridized carbons (Fsp3) is 0.350. The first-order valence-corrected chi connectivity index (χ1v) is 8.58. The highest BCUT2D eigenvalue weighted by atomic mass is 15.3. The normalized spacial score (nSPS) is 15.5. The maximum Gasteiger partial charge on any atom is 0.0765 e. The van der Waals surface area contributed by atoms with E-state index in [1.165, 1.54) is 41.3 Å². The largest absolute Gasteiger partial charge is 0.304 e. The van der Waals surface area contributed by atoms with Crippen LogP contribution in [0.5, 0.6) is 0 Å². The predicted molar refractivity (Wildman–Crippen MR) is 94.4 cm³/mol. The number of aromatic nitrogens is 2. The van der Waals surface area contributed by atoms with Gasteiger partial charge in [-0.1, -0.05) is 42.5 Å². The van der Waals surface area contributed by atoms with Gasteiger partial charge in [0.15, 0.2) is 0 Å². The van der Waals surface area contributed by atoms with Crippen LogP contribution in [0.3, 0.4) is 0 Å². The van der Waals surface area contributed by atoms with Crippen LogP contribution in [0.15, 0.2) is 48.5 Å². The molecule has 2 heterocycles. The maximum atomic E-state index is 4.73. The van der Waals surface area contributed by atoms with Gasteiger partial charge in [0, 0.05) is 24.8 Å². The molecule has 0 saturated heterocycles. The molecule has 0 fully saturated rings. The summed E-state index contributed by atoms with van der Waals surface area (Å²) in [5.41, 5.74) is 3.91. The van der Waals surface area contributed by atoms with Crippen LogP contribution in [0, 0.1) is 0 Å². The van der Waals surface area contributed by atoms with E-state index < -0.39 is 0 Å². The van der Waals surface area contributed by atoms with E-state index in [0.29, 0.717) is 6.04 Å². The maximum absolute atomic E-state index is 4.73. The van der Waals surface area contributed by atoms with Gasteiger partial charge < -0.3 is 5.32 Å². The number of hydrogen-bond acceptors (Lipinski definition) is 2. The summed E-state index contributed by atoms with van der Waals surface area (Å²) in [5, 5.41) is 11.0. The zero-order valence-corrected chi connectivity index (χ0v) is 13.6. The van der Waals surface area contributed by atoms with E-state index in [-0.39, 0.29) is 0 Å². The van der Waals surface area contributed by atoms with Crippen molar-refractivity contribution in [2.75, 3.05) is 0 Å². The lowest BCUT2D eigenvalue weighted by molar-refractivity contribution is 0.479. The van der Waals surface area contributed by atoms with Crippen LogP contribution in [-0.4, -0.2) is 9.78 Å². The minimum atomic E-state index is 0.305. The molecule has 3 aromatic rings. The monoisotopic (exact) mass is 305 g/mol. The predicted octanol–water partition coefficient (Wildman–Crippen LogP) is 4.22. The second-order valence-corrected chi connectivity index (χ2v) is 6.48. The molecule has 0 bridgehead atoms. The van der Waals surface area contributed by atoms with E-state index in [1.54, 1.807) is 0 Å². The molecule has 1 aliphatic heterocycles. The summed E-state index contributed by atoms with van der Waals surface area (Å²) < 4.78 is 2.18. The summed E-state index contributed by atoms with van der Waals surface area (Å²) in [6.45, 7) is 4.14. The Bertz CT molecular complexity index is 790. The summed E-state index contributed by atoms with van der Waals surface area (Å²) in [6, 6.07) is 17.7. The van der Waals surface area contributed by atoms with Gasteiger partial charge in [-0.3, -0.25) is 4.68 Å². The third-order valence-corrected chi connectivity index (χ3v) is 4.85. The van der Waals surface area contributed by atoms with Crippen molar-refractivity contribution in [1.29, 1.82) is 0 Å². The number of hydrogen-bond donors (Lipinski definition) is 1. The molecule has 118 valence electrons. The molecule has 1 N–H and O–H groups in total. The van der Waals surface area contributed by atoms with Crippen LogP contribution < -0.4 is 5.32 Å². The minimum Gasteiger partial charge on any atom is -0.304 e. The Morgan fingerprint density at radius 3 is 2.91 bits per heavy atom. The topological polar surface area (TPSA) is 29.9 Å². The fourth-order valence-corrected chi connectivity index (χ4v) is 3.56. The Kier molecular flexibility index (Phi) is 3.88. The van der Waals surface area contributed by atoms with Crippen molar-refractivity contribution in [3.63, 3.8) is 0 Å². The Hall–Kier alpha value is -2.13. The Morgan fingerprint density at radius 1 is 1.13 bits per heavy atom. The summed E-state index contributed by atoms with van der Waals surface area (Å²) in [4.78, 5) is 0. The highest BCUT2D eigenvalue weighted by Crippen LogP contribution is 2.24. The van der Waals surface area contributed by atoms with Gasteiger partial charge in [-0.05, 0) is 48.6 Å². The number of rotatable bonds is 4. The molecule has 1 unspecified atom stereocenters. The third-order valence-electron chi connectivity index (χ3n) is 4.85. The number of fused-ring (bicyclic) bond motifs is 2. The van der Waals surface area contributed by atoms with Crippen molar-refractivity contribution in [1.82, 2.24) is 15.1 Å². The highest BCUT2D eigenvalue weighted by molar-refractivity contribution is 5.86. The van der Waals surface area contributed by atoms with Gasteiger partial charge in [-0.15, -0.1) is 0 Å². The second kappa shape index (κ2) is 6.17. The first-order chi connectivity index (χ1) is 11.3. The van der Waals surface area contributed by atoms with Crippen LogP contribution in [0.1, 0.15) is 42.8 Å². The van der Waals surface area contributed by atoms with E-state index in [1.807, 2.05) is 0 Å². The molecule has 0 spiro atoms. The Balaban J connectivity index is 1.51. The van der Waals surface area contributed by atoms with Crippen molar-refractivity contribution in [2.45, 2.75) is 45.3 Å². The van der Waals surface area contributed by atoms with Crippen LogP contribution >= 0.6 is 0 Å². The van der Waals surface area contributed by atoms with E-state index in [2.05, 4.69) is 65.5 Å². The number of nitrogens with zero attached hydrogens (tertiary/aromatic N) is 2. The number of benzene rings is 2. The van der Waals surface area contributed by atoms with Gasteiger partial charge in [-0.2, -0.15) is 5.10 Å². The average molecular weight is 305 g/mol. The zero-order chi connectivity index (χ0) is 15.6. The second-order valence-electron chi connectivity index (χ2n) is 6.48. The molecule has 1 aliphatic rings. The lowest BCUT2D eigenvalue weighted by atomic mass is 10.00. The van der Waals surface area contributed by atoms with E-state index in [9.17, 15) is 0 Å². The summed E-state index contributed by atoms with van der Waals surface area (Å²) in [7, 11) is 0. The molecule has 4 rings (SSSR count). The summed E-state index contributed by atoms with van der Waals surface area (Å²) >= 11 is 0. The van der Waals surface area contributed by atoms with Gasteiger partial charge in [0.05, 0.1) is 5.69 Å². The Morgan fingerprint density at radius 2 is 2.00 bits per heavy atom. The number of aryl methyl sites for hydroxylation is 2. The molecule has 0 saturated carbocycles. The van der Waals surface area contributed by atoms with E-state index >= 15 is 0 Å². The molecule has 0 amide bonds. The van der Waals surface area contributed by atoms with Crippen LogP contribution in [0.4, 0.5) is 0 Å². The zero-order valence-electron chi connectivity index (χ0n) is 13.6. The van der Waals surface area contributed by atoms with Gasteiger partial charge >= 0.3 is 0 Å². The molecule has 1 aromatic heterocycles. The molecule has 0 aliphatic carbocycles. The van der Waals surface area contributed by atoms with Crippen LogP contribution in [-0.2, 0) is 19.5 Å². The molecule has 3 nitrogen and oxygen atoms in total. The van der Waals surface area contributed by atoms with Crippen molar-refractivity contribution < 1.29 is 0 Å². The van der Waals surface area contributed by atoms with Crippen molar-refractivity contribution in [3.05, 3.63) is 65.5 Å². The van der Waals surface area contributed by atoms with E-state index in [0.717, 1.165) is 18.8 Å². The fourth-order valence-electron chi connectivity index (χ4n) is 3.56. The van der Waals surface area contributed by atoms with Crippen molar-refractivity contribution in [3.8, 4) is 0 Å². The first-order valence-electron chi connectivity index (χ1n) is 8.58. The first kappa shape index (κ1) is 14.5. The van der Waals surface area contributed by atoms with Gasteiger partial charge in [0.2, 0.25) is 0 Å². The van der Waals surface area contributed by atoms with Crippen LogP contribution in [0.2, 0.25) is 0 Å². The molecule has 1 atom stereocenters. The van der Waals surface area contributed by atoms with Crippen molar-refractivity contribution >= 4 is 10.8 Å². The lowest BCUT2D eigenvalue weighted by Gasteiger charge is -2.16. The minimum absolute atomic E-state index is 0.305. The molecular formula is C20H23N3. The SMILES string of the molecule is CC(NCc1cc2n(n1)CCCC2)c1cccc2ccccc12. The molecule has 3 heteroatoms.